The van der Waals surface area contributed by atoms with Crippen LogP contribution in [0.1, 0.15) is 20.8 Å². The third-order valence-electron chi connectivity index (χ3n) is 1.38. The first-order valence-corrected chi connectivity index (χ1v) is 4.53. The van der Waals surface area contributed by atoms with E-state index in [0.717, 1.165) is 11.0 Å². The fraction of sp³-hybridized carbons (Fsp3) is 0.600. The highest BCUT2D eigenvalue weighted by Crippen LogP contribution is 2.18. The Kier molecular flexibility index (Phi) is 8.01. The highest BCUT2D eigenvalue weighted by atomic mass is 19.4. The number of hydrogen-bond acceptors (Lipinski definition) is 1. The van der Waals surface area contributed by atoms with Gasteiger partial charge < -0.3 is 4.90 Å². The minimum Gasteiger partial charge on any atom is -0.369 e. The summed E-state index contributed by atoms with van der Waals surface area (Å²) in [6.07, 6.45) is -3.33. The maximum Gasteiger partial charge on any atom is 0.405 e. The molecular formula is C10H17F4N. The lowest BCUT2D eigenvalue weighted by atomic mass is 10.3. The molecule has 0 aliphatic carbocycles. The molecule has 0 rings (SSSR count). The van der Waals surface area contributed by atoms with Gasteiger partial charge in [-0.15, -0.1) is 0 Å². The van der Waals surface area contributed by atoms with Crippen LogP contribution < -0.4 is 0 Å². The number of nitrogens with zero attached hydrogens (tertiary/aromatic N) is 1. The lowest BCUT2D eigenvalue weighted by Gasteiger charge is -2.21. The van der Waals surface area contributed by atoms with Crippen molar-refractivity contribution in [3.63, 3.8) is 0 Å². The standard InChI is InChI=1S/C8H11F4N.C2H6/c1-6(9)4-7(2)13(3)5-8(10,11)12;1-2/h4H,1,5H2,2-3H3;1-2H3/b7-4+;. The Labute approximate surface area is 88.1 Å². The molecule has 5 heteroatoms. The lowest BCUT2D eigenvalue weighted by Crippen LogP contribution is -2.29. The number of hydrogen-bond donors (Lipinski definition) is 0. The summed E-state index contributed by atoms with van der Waals surface area (Å²) in [5, 5.41) is 0. The van der Waals surface area contributed by atoms with Gasteiger partial charge in [-0.1, -0.05) is 20.4 Å². The molecule has 0 aliphatic rings. The van der Waals surface area contributed by atoms with E-state index in [4.69, 9.17) is 0 Å². The van der Waals surface area contributed by atoms with Crippen LogP contribution in [-0.4, -0.2) is 24.7 Å². The fourth-order valence-electron chi connectivity index (χ4n) is 0.730. The molecule has 0 fully saturated rings. The van der Waals surface area contributed by atoms with E-state index in [1.165, 1.54) is 14.0 Å². The van der Waals surface area contributed by atoms with Gasteiger partial charge >= 0.3 is 6.18 Å². The first-order chi connectivity index (χ1) is 6.72. The summed E-state index contributed by atoms with van der Waals surface area (Å²) >= 11 is 0. The van der Waals surface area contributed by atoms with E-state index in [1.54, 1.807) is 0 Å². The van der Waals surface area contributed by atoms with Gasteiger partial charge in [0.25, 0.3) is 0 Å². The Morgan fingerprint density at radius 2 is 1.73 bits per heavy atom. The fourth-order valence-corrected chi connectivity index (χ4v) is 0.730. The second-order valence-corrected chi connectivity index (χ2v) is 2.70. The topological polar surface area (TPSA) is 3.24 Å². The second kappa shape index (κ2) is 7.31. The Balaban J connectivity index is 0. The monoisotopic (exact) mass is 227 g/mol. The molecule has 0 amide bonds. The van der Waals surface area contributed by atoms with Crippen molar-refractivity contribution in [1.29, 1.82) is 0 Å². The van der Waals surface area contributed by atoms with E-state index in [0.29, 0.717) is 0 Å². The molecule has 0 N–H and O–H groups in total. The van der Waals surface area contributed by atoms with E-state index >= 15 is 0 Å². The molecule has 0 bridgehead atoms. The van der Waals surface area contributed by atoms with Crippen LogP contribution in [0.15, 0.2) is 24.2 Å². The SMILES string of the molecule is C=C(F)/C=C(\C)N(C)CC(F)(F)F.CC. The maximum absolute atomic E-state index is 12.2. The van der Waals surface area contributed by atoms with Gasteiger partial charge in [-0.05, 0) is 13.0 Å². The molecule has 0 atom stereocenters. The van der Waals surface area contributed by atoms with Crippen LogP contribution >= 0.6 is 0 Å². The minimum absolute atomic E-state index is 0.185. The molecule has 0 saturated heterocycles. The predicted molar refractivity (Wildman–Crippen MR) is 54.0 cm³/mol. The first-order valence-electron chi connectivity index (χ1n) is 4.53. The quantitative estimate of drug-likeness (QED) is 0.522. The van der Waals surface area contributed by atoms with E-state index < -0.39 is 18.5 Å². The van der Waals surface area contributed by atoms with Crippen molar-refractivity contribution in [3.8, 4) is 0 Å². The molecule has 0 aromatic rings. The van der Waals surface area contributed by atoms with E-state index in [9.17, 15) is 17.6 Å². The highest BCUT2D eigenvalue weighted by Gasteiger charge is 2.29. The number of alkyl halides is 3. The molecular weight excluding hydrogens is 210 g/mol. The van der Waals surface area contributed by atoms with Gasteiger partial charge in [0.2, 0.25) is 0 Å². The molecule has 0 spiro atoms. The van der Waals surface area contributed by atoms with Crippen LogP contribution in [0.5, 0.6) is 0 Å². The molecule has 1 nitrogen and oxygen atoms in total. The van der Waals surface area contributed by atoms with Crippen molar-refractivity contribution in [3.05, 3.63) is 24.2 Å². The molecule has 0 aliphatic heterocycles. The average molecular weight is 227 g/mol. The largest absolute Gasteiger partial charge is 0.405 e. The number of allylic oxidation sites excluding steroid dienone is 3. The van der Waals surface area contributed by atoms with Crippen LogP contribution in [0.25, 0.3) is 0 Å². The van der Waals surface area contributed by atoms with Crippen LogP contribution in [-0.2, 0) is 0 Å². The van der Waals surface area contributed by atoms with Gasteiger partial charge in [0.1, 0.15) is 12.4 Å². The number of rotatable bonds is 3. The predicted octanol–water partition coefficient (Wildman–Crippen LogP) is 3.89. The molecule has 0 aromatic heterocycles. The Hall–Kier alpha value is -1.00. The smallest absolute Gasteiger partial charge is 0.369 e. The van der Waals surface area contributed by atoms with Gasteiger partial charge in [0.05, 0.1) is 0 Å². The average Bonchev–Trinajstić information content (AvgIpc) is 2.03. The molecule has 0 radical (unpaired) electrons. The normalized spacial score (nSPS) is 11.6. The van der Waals surface area contributed by atoms with Crippen molar-refractivity contribution >= 4 is 0 Å². The summed E-state index contributed by atoms with van der Waals surface area (Å²) in [6, 6.07) is 0. The van der Waals surface area contributed by atoms with E-state index in [-0.39, 0.29) is 5.70 Å². The van der Waals surface area contributed by atoms with E-state index in [1.807, 2.05) is 13.8 Å². The Bertz CT molecular complexity index is 218. The molecule has 15 heavy (non-hydrogen) atoms. The van der Waals surface area contributed by atoms with Crippen molar-refractivity contribution < 1.29 is 17.6 Å². The van der Waals surface area contributed by atoms with Crippen molar-refractivity contribution in [2.24, 2.45) is 0 Å². The molecule has 0 heterocycles. The Morgan fingerprint density at radius 1 is 1.33 bits per heavy atom. The van der Waals surface area contributed by atoms with Gasteiger partial charge in [0, 0.05) is 12.7 Å². The summed E-state index contributed by atoms with van der Waals surface area (Å²) in [6.45, 7) is 7.21. The minimum atomic E-state index is -4.28. The summed E-state index contributed by atoms with van der Waals surface area (Å²) < 4.78 is 47.6. The van der Waals surface area contributed by atoms with Crippen LogP contribution in [0.3, 0.4) is 0 Å². The molecule has 0 unspecified atom stereocenters. The van der Waals surface area contributed by atoms with Gasteiger partial charge in [-0.2, -0.15) is 13.2 Å². The zero-order valence-electron chi connectivity index (χ0n) is 9.45. The summed E-state index contributed by atoms with van der Waals surface area (Å²) in [7, 11) is 1.24. The zero-order valence-corrected chi connectivity index (χ0v) is 9.45. The summed E-state index contributed by atoms with van der Waals surface area (Å²) in [4.78, 5) is 0.908. The van der Waals surface area contributed by atoms with Crippen molar-refractivity contribution in [2.45, 2.75) is 26.9 Å². The molecule has 90 valence electrons. The summed E-state index contributed by atoms with van der Waals surface area (Å²) in [5.74, 6) is -0.758. The molecule has 0 aromatic carbocycles. The van der Waals surface area contributed by atoms with Gasteiger partial charge in [-0.25, -0.2) is 4.39 Å². The molecule has 0 saturated carbocycles. The Morgan fingerprint density at radius 3 is 2.00 bits per heavy atom. The van der Waals surface area contributed by atoms with Crippen LogP contribution in [0.4, 0.5) is 17.6 Å². The van der Waals surface area contributed by atoms with Crippen molar-refractivity contribution in [2.75, 3.05) is 13.6 Å². The van der Waals surface area contributed by atoms with Crippen molar-refractivity contribution in [1.82, 2.24) is 4.90 Å². The highest BCUT2D eigenvalue weighted by molar-refractivity contribution is 5.12. The van der Waals surface area contributed by atoms with Gasteiger partial charge in [-0.3, -0.25) is 0 Å². The lowest BCUT2D eigenvalue weighted by molar-refractivity contribution is -0.139. The third-order valence-corrected chi connectivity index (χ3v) is 1.38. The van der Waals surface area contributed by atoms with E-state index in [2.05, 4.69) is 6.58 Å². The second-order valence-electron chi connectivity index (χ2n) is 2.70. The summed E-state index contributed by atoms with van der Waals surface area (Å²) in [5.41, 5.74) is 0.185. The van der Waals surface area contributed by atoms with Crippen LogP contribution in [0.2, 0.25) is 0 Å². The number of halogens is 4. The first kappa shape index (κ1) is 16.4. The van der Waals surface area contributed by atoms with Crippen LogP contribution in [0, 0.1) is 0 Å². The van der Waals surface area contributed by atoms with Gasteiger partial charge in [0.15, 0.2) is 0 Å². The third kappa shape index (κ3) is 10.9. The zero-order chi connectivity index (χ0) is 12.6. The maximum atomic E-state index is 12.2.